The molecular formula is C36H33BN2. The van der Waals surface area contributed by atoms with Crippen molar-refractivity contribution in [1.29, 1.82) is 0 Å². The predicted octanol–water partition coefficient (Wildman–Crippen LogP) is 6.60. The summed E-state index contributed by atoms with van der Waals surface area (Å²) in [4.78, 5) is 5.42. The fourth-order valence-electron chi connectivity index (χ4n) is 8.26. The van der Waals surface area contributed by atoms with Gasteiger partial charge in [0.1, 0.15) is 0 Å². The lowest BCUT2D eigenvalue weighted by atomic mass is 9.32. The SMILES string of the molecule is CC(C)(C)c1cc2c3c(c1)N1CCCc4c1c(cc1ccccc41)B3c1cc3ccccc3c3c1N2CCC3. The maximum atomic E-state index is 2.71. The lowest BCUT2D eigenvalue weighted by Gasteiger charge is -2.48. The number of rotatable bonds is 0. The molecule has 0 saturated heterocycles. The molecule has 0 aliphatic carbocycles. The fraction of sp³-hybridized carbons (Fsp3) is 0.278. The van der Waals surface area contributed by atoms with Gasteiger partial charge in [-0.2, -0.15) is 0 Å². The van der Waals surface area contributed by atoms with Gasteiger partial charge in [-0.3, -0.25) is 0 Å². The first-order valence-electron chi connectivity index (χ1n) is 14.8. The highest BCUT2D eigenvalue weighted by atomic mass is 15.2. The van der Waals surface area contributed by atoms with Crippen LogP contribution in [0.1, 0.15) is 50.3 Å². The number of benzene rings is 5. The van der Waals surface area contributed by atoms with Crippen LogP contribution in [-0.2, 0) is 18.3 Å². The van der Waals surface area contributed by atoms with Crippen LogP contribution in [0.5, 0.6) is 0 Å². The second-order valence-corrected chi connectivity index (χ2v) is 13.1. The molecule has 2 nitrogen and oxygen atoms in total. The zero-order valence-electron chi connectivity index (χ0n) is 23.1. The van der Waals surface area contributed by atoms with Crippen LogP contribution in [0, 0.1) is 0 Å². The summed E-state index contributed by atoms with van der Waals surface area (Å²) in [6.07, 6.45) is 4.73. The molecule has 4 aliphatic heterocycles. The molecular weight excluding hydrogens is 471 g/mol. The molecule has 0 atom stereocenters. The highest BCUT2D eigenvalue weighted by Crippen LogP contribution is 2.47. The normalized spacial score (nSPS) is 16.8. The van der Waals surface area contributed by atoms with E-state index in [1.807, 2.05) is 0 Å². The highest BCUT2D eigenvalue weighted by Gasteiger charge is 2.46. The summed E-state index contributed by atoms with van der Waals surface area (Å²) in [5, 5.41) is 5.66. The van der Waals surface area contributed by atoms with Crippen LogP contribution in [-0.4, -0.2) is 19.8 Å². The van der Waals surface area contributed by atoms with Crippen LogP contribution >= 0.6 is 0 Å². The van der Waals surface area contributed by atoms with Gasteiger partial charge in [-0.25, -0.2) is 0 Å². The van der Waals surface area contributed by atoms with E-state index in [1.165, 1.54) is 79.1 Å². The summed E-state index contributed by atoms with van der Waals surface area (Å²) in [5.74, 6) is 0. The van der Waals surface area contributed by atoms with E-state index in [-0.39, 0.29) is 12.1 Å². The quantitative estimate of drug-likeness (QED) is 0.219. The van der Waals surface area contributed by atoms with Crippen molar-refractivity contribution in [3.05, 3.63) is 89.5 Å². The summed E-state index contributed by atoms with van der Waals surface area (Å²) in [5.41, 5.74) is 15.1. The van der Waals surface area contributed by atoms with Gasteiger partial charge in [-0.15, -0.1) is 0 Å². The van der Waals surface area contributed by atoms with Gasteiger partial charge in [0.2, 0.25) is 0 Å². The van der Waals surface area contributed by atoms with Crippen molar-refractivity contribution in [1.82, 2.24) is 0 Å². The van der Waals surface area contributed by atoms with Gasteiger partial charge >= 0.3 is 0 Å². The minimum absolute atomic E-state index is 0.0889. The van der Waals surface area contributed by atoms with Gasteiger partial charge in [0, 0.05) is 35.8 Å². The van der Waals surface area contributed by atoms with Crippen molar-refractivity contribution in [3.63, 3.8) is 0 Å². The zero-order valence-corrected chi connectivity index (χ0v) is 23.1. The van der Waals surface area contributed by atoms with E-state index in [9.17, 15) is 0 Å². The van der Waals surface area contributed by atoms with Gasteiger partial charge in [0.05, 0.1) is 0 Å². The molecule has 0 radical (unpaired) electrons. The lowest BCUT2D eigenvalue weighted by Crippen LogP contribution is -2.63. The minimum Gasteiger partial charge on any atom is -0.342 e. The number of anilines is 4. The van der Waals surface area contributed by atoms with E-state index in [2.05, 4.69) is 103 Å². The molecule has 0 spiro atoms. The topological polar surface area (TPSA) is 6.48 Å². The van der Waals surface area contributed by atoms with Crippen molar-refractivity contribution in [2.45, 2.75) is 51.9 Å². The van der Waals surface area contributed by atoms with Crippen LogP contribution in [0.25, 0.3) is 21.5 Å². The summed E-state index contributed by atoms with van der Waals surface area (Å²) >= 11 is 0. The smallest absolute Gasteiger partial charge is 0.252 e. The molecule has 0 fully saturated rings. The van der Waals surface area contributed by atoms with E-state index in [0.29, 0.717) is 0 Å². The Bertz CT molecular complexity index is 1750. The first kappa shape index (κ1) is 22.1. The predicted molar refractivity (Wildman–Crippen MR) is 168 cm³/mol. The van der Waals surface area contributed by atoms with Crippen LogP contribution in [0.4, 0.5) is 22.7 Å². The number of fused-ring (bicyclic) bond motifs is 8. The Morgan fingerprint density at radius 2 is 1.13 bits per heavy atom. The summed E-state index contributed by atoms with van der Waals surface area (Å²) in [6, 6.07) is 28.4. The molecule has 0 aromatic heterocycles. The summed E-state index contributed by atoms with van der Waals surface area (Å²) in [7, 11) is 0. The van der Waals surface area contributed by atoms with Gasteiger partial charge in [-0.1, -0.05) is 81.4 Å². The Balaban J connectivity index is 1.47. The van der Waals surface area contributed by atoms with Crippen molar-refractivity contribution in [3.8, 4) is 0 Å². The van der Waals surface area contributed by atoms with E-state index >= 15 is 0 Å². The van der Waals surface area contributed by atoms with E-state index < -0.39 is 0 Å². The fourth-order valence-corrected chi connectivity index (χ4v) is 8.26. The van der Waals surface area contributed by atoms with Gasteiger partial charge in [-0.05, 0) is 97.9 Å². The second-order valence-electron chi connectivity index (χ2n) is 13.1. The van der Waals surface area contributed by atoms with Crippen molar-refractivity contribution < 1.29 is 0 Å². The third kappa shape index (κ3) is 2.83. The van der Waals surface area contributed by atoms with Crippen LogP contribution in [0.3, 0.4) is 0 Å². The van der Waals surface area contributed by atoms with Crippen molar-refractivity contribution in [2.75, 3.05) is 22.9 Å². The molecule has 0 unspecified atom stereocenters. The van der Waals surface area contributed by atoms with Crippen molar-refractivity contribution >= 4 is 67.4 Å². The molecule has 9 rings (SSSR count). The average molecular weight is 504 g/mol. The highest BCUT2D eigenvalue weighted by molar-refractivity contribution is 7.00. The number of aryl methyl sites for hydroxylation is 2. The molecule has 0 amide bonds. The van der Waals surface area contributed by atoms with Crippen LogP contribution in [0.15, 0.2) is 72.8 Å². The maximum Gasteiger partial charge on any atom is 0.252 e. The standard InChI is InChI=1S/C36H33BN2/c1-36(2,3)24-20-31-33-32(21-24)39-17-9-15-28-26-13-7-5-11-23(26)19-30(35(28)39)37(33)29-18-22-10-4-6-12-25(22)27-14-8-16-38(31)34(27)29/h4-7,10-13,18-21H,8-9,14-17H2,1-3H3. The lowest BCUT2D eigenvalue weighted by molar-refractivity contribution is 0.590. The number of hydrogen-bond acceptors (Lipinski definition) is 2. The zero-order chi connectivity index (χ0) is 26.0. The van der Waals surface area contributed by atoms with E-state index in [4.69, 9.17) is 0 Å². The molecule has 3 heteroatoms. The molecule has 190 valence electrons. The Morgan fingerprint density at radius 1 is 0.641 bits per heavy atom. The molecule has 0 N–H and O–H groups in total. The van der Waals surface area contributed by atoms with E-state index in [1.54, 1.807) is 11.1 Å². The molecule has 4 aliphatic rings. The third-order valence-corrected chi connectivity index (χ3v) is 9.96. The second kappa shape index (κ2) is 7.47. The number of nitrogens with zero attached hydrogens (tertiary/aromatic N) is 2. The Labute approximate surface area is 231 Å². The largest absolute Gasteiger partial charge is 0.342 e. The average Bonchev–Trinajstić information content (AvgIpc) is 2.96. The molecule has 4 heterocycles. The Hall–Kier alpha value is -3.72. The molecule has 0 bridgehead atoms. The first-order chi connectivity index (χ1) is 19.0. The van der Waals surface area contributed by atoms with E-state index in [0.717, 1.165) is 25.9 Å². The Kier molecular flexibility index (Phi) is 4.24. The monoisotopic (exact) mass is 504 g/mol. The molecule has 0 saturated carbocycles. The van der Waals surface area contributed by atoms with Gasteiger partial charge < -0.3 is 9.80 Å². The van der Waals surface area contributed by atoms with Crippen molar-refractivity contribution in [2.24, 2.45) is 0 Å². The number of hydrogen-bond donors (Lipinski definition) is 0. The van der Waals surface area contributed by atoms with Gasteiger partial charge in [0.15, 0.2) is 0 Å². The van der Waals surface area contributed by atoms with Crippen LogP contribution < -0.4 is 26.2 Å². The summed E-state index contributed by atoms with van der Waals surface area (Å²) < 4.78 is 0. The summed E-state index contributed by atoms with van der Waals surface area (Å²) in [6.45, 7) is 9.58. The first-order valence-corrected chi connectivity index (χ1v) is 14.8. The van der Waals surface area contributed by atoms with Gasteiger partial charge in [0.25, 0.3) is 6.71 Å². The third-order valence-electron chi connectivity index (χ3n) is 9.96. The molecule has 39 heavy (non-hydrogen) atoms. The molecule has 5 aromatic carbocycles. The van der Waals surface area contributed by atoms with Crippen LogP contribution in [0.2, 0.25) is 0 Å². The molecule has 5 aromatic rings. The minimum atomic E-state index is 0.0889. The maximum absolute atomic E-state index is 2.71. The Morgan fingerprint density at radius 3 is 1.62 bits per heavy atom.